The quantitative estimate of drug-likeness (QED) is 0.883. The van der Waals surface area contributed by atoms with Gasteiger partial charge in [0.2, 0.25) is 10.0 Å². The van der Waals surface area contributed by atoms with Gasteiger partial charge in [-0.15, -0.1) is 0 Å². The summed E-state index contributed by atoms with van der Waals surface area (Å²) in [4.78, 5) is -0.0943. The lowest BCUT2D eigenvalue weighted by Gasteiger charge is -2.07. The molecule has 1 N–H and O–H groups in total. The number of nitrogens with zero attached hydrogens (tertiary/aromatic N) is 2. The Balaban J connectivity index is 2.04. The summed E-state index contributed by atoms with van der Waals surface area (Å²) in [6, 6.07) is 5.51. The number of nitrogens with one attached hydrogen (secondary N) is 1. The molecule has 2 rings (SSSR count). The molecule has 2 aromatic rings. The molecule has 0 amide bonds. The lowest BCUT2D eigenvalue weighted by atomic mass is 10.3. The van der Waals surface area contributed by atoms with Crippen molar-refractivity contribution in [2.75, 3.05) is 6.54 Å². The van der Waals surface area contributed by atoms with E-state index in [4.69, 9.17) is 0 Å². The number of rotatable bonds is 5. The standard InChI is InChI=1S/C12H13BrFN3O2S/c1-17-9(4-6-15-17)5-7-16-20(18,19)10-2-3-11(13)12(14)8-10/h2-4,6,8,16H,5,7H2,1H3. The molecular formula is C12H13BrFN3O2S. The average molecular weight is 362 g/mol. The van der Waals surface area contributed by atoms with Crippen LogP contribution in [-0.4, -0.2) is 24.7 Å². The van der Waals surface area contributed by atoms with E-state index in [0.29, 0.717) is 6.42 Å². The lowest BCUT2D eigenvalue weighted by molar-refractivity contribution is 0.575. The first kappa shape index (κ1) is 15.1. The van der Waals surface area contributed by atoms with Crippen LogP contribution in [0.2, 0.25) is 0 Å². The summed E-state index contributed by atoms with van der Waals surface area (Å²) in [6.07, 6.45) is 2.16. The molecule has 0 spiro atoms. The van der Waals surface area contributed by atoms with Gasteiger partial charge in [0.15, 0.2) is 0 Å². The number of benzene rings is 1. The molecule has 5 nitrogen and oxygen atoms in total. The topological polar surface area (TPSA) is 64.0 Å². The summed E-state index contributed by atoms with van der Waals surface area (Å²) < 4.78 is 41.7. The van der Waals surface area contributed by atoms with Crippen LogP contribution in [0.4, 0.5) is 4.39 Å². The second-order valence-corrected chi connectivity index (χ2v) is 6.79. The van der Waals surface area contributed by atoms with Gasteiger partial charge in [0.1, 0.15) is 5.82 Å². The van der Waals surface area contributed by atoms with Crippen molar-refractivity contribution in [3.05, 3.63) is 46.4 Å². The van der Waals surface area contributed by atoms with Gasteiger partial charge in [-0.2, -0.15) is 5.10 Å². The molecule has 1 aromatic heterocycles. The van der Waals surface area contributed by atoms with Crippen LogP contribution in [-0.2, 0) is 23.5 Å². The van der Waals surface area contributed by atoms with E-state index in [2.05, 4.69) is 25.8 Å². The highest BCUT2D eigenvalue weighted by atomic mass is 79.9. The van der Waals surface area contributed by atoms with Gasteiger partial charge in [-0.1, -0.05) is 0 Å². The summed E-state index contributed by atoms with van der Waals surface area (Å²) >= 11 is 2.98. The monoisotopic (exact) mass is 361 g/mol. The van der Waals surface area contributed by atoms with Crippen molar-refractivity contribution in [3.8, 4) is 0 Å². The second-order valence-electron chi connectivity index (χ2n) is 4.17. The first-order chi connectivity index (χ1) is 9.40. The van der Waals surface area contributed by atoms with Crippen molar-refractivity contribution in [1.82, 2.24) is 14.5 Å². The first-order valence-electron chi connectivity index (χ1n) is 5.82. The normalized spacial score (nSPS) is 11.8. The van der Waals surface area contributed by atoms with Gasteiger partial charge in [-0.05, 0) is 40.2 Å². The summed E-state index contributed by atoms with van der Waals surface area (Å²) in [6.45, 7) is 0.222. The molecule has 1 aromatic carbocycles. The smallest absolute Gasteiger partial charge is 0.240 e. The van der Waals surface area contributed by atoms with E-state index in [1.165, 1.54) is 12.1 Å². The number of sulfonamides is 1. The number of hydrogen-bond acceptors (Lipinski definition) is 3. The van der Waals surface area contributed by atoms with Crippen molar-refractivity contribution in [2.24, 2.45) is 7.05 Å². The maximum absolute atomic E-state index is 13.4. The summed E-state index contributed by atoms with van der Waals surface area (Å²) in [7, 11) is -1.92. The van der Waals surface area contributed by atoms with Crippen LogP contribution in [0, 0.1) is 5.82 Å². The third-order valence-electron chi connectivity index (χ3n) is 2.80. The summed E-state index contributed by atoms with van der Waals surface area (Å²) in [5.41, 5.74) is 0.912. The Bertz CT molecular complexity index is 715. The van der Waals surface area contributed by atoms with Gasteiger partial charge < -0.3 is 0 Å². The number of hydrogen-bond donors (Lipinski definition) is 1. The molecular weight excluding hydrogens is 349 g/mol. The van der Waals surface area contributed by atoms with E-state index in [1.807, 2.05) is 6.07 Å². The van der Waals surface area contributed by atoms with Gasteiger partial charge in [0, 0.05) is 31.9 Å². The third kappa shape index (κ3) is 3.44. The predicted molar refractivity (Wildman–Crippen MR) is 76.2 cm³/mol. The largest absolute Gasteiger partial charge is 0.273 e. The van der Waals surface area contributed by atoms with Gasteiger partial charge in [0.25, 0.3) is 0 Å². The van der Waals surface area contributed by atoms with E-state index in [9.17, 15) is 12.8 Å². The van der Waals surface area contributed by atoms with Crippen LogP contribution < -0.4 is 4.72 Å². The highest BCUT2D eigenvalue weighted by Crippen LogP contribution is 2.19. The van der Waals surface area contributed by atoms with Crippen LogP contribution in [0.25, 0.3) is 0 Å². The van der Waals surface area contributed by atoms with Gasteiger partial charge in [-0.25, -0.2) is 17.5 Å². The molecule has 0 fully saturated rings. The number of aromatic nitrogens is 2. The molecule has 0 atom stereocenters. The summed E-state index contributed by atoms with van der Waals surface area (Å²) in [5, 5.41) is 4.00. The molecule has 0 aliphatic heterocycles. The zero-order valence-electron chi connectivity index (χ0n) is 10.7. The van der Waals surface area contributed by atoms with E-state index >= 15 is 0 Å². The van der Waals surface area contributed by atoms with Crippen molar-refractivity contribution in [2.45, 2.75) is 11.3 Å². The number of aryl methyl sites for hydroxylation is 1. The second kappa shape index (κ2) is 6.02. The molecule has 108 valence electrons. The maximum Gasteiger partial charge on any atom is 0.240 e. The van der Waals surface area contributed by atoms with Crippen molar-refractivity contribution in [1.29, 1.82) is 0 Å². The van der Waals surface area contributed by atoms with E-state index in [-0.39, 0.29) is 15.9 Å². The molecule has 0 aliphatic rings. The Labute approximate surface area is 125 Å². The minimum absolute atomic E-state index is 0.0943. The third-order valence-corrected chi connectivity index (χ3v) is 4.90. The van der Waals surface area contributed by atoms with Gasteiger partial charge in [-0.3, -0.25) is 4.68 Å². The fraction of sp³-hybridized carbons (Fsp3) is 0.250. The highest BCUT2D eigenvalue weighted by molar-refractivity contribution is 9.10. The molecule has 0 bridgehead atoms. The fourth-order valence-corrected chi connectivity index (χ4v) is 2.98. The molecule has 1 heterocycles. The molecule has 0 aliphatic carbocycles. The average Bonchev–Trinajstić information content (AvgIpc) is 2.78. The van der Waals surface area contributed by atoms with Crippen LogP contribution in [0.5, 0.6) is 0 Å². The van der Waals surface area contributed by atoms with Crippen molar-refractivity contribution < 1.29 is 12.8 Å². The Morgan fingerprint density at radius 3 is 2.75 bits per heavy atom. The Kier molecular flexibility index (Phi) is 4.56. The molecule has 20 heavy (non-hydrogen) atoms. The van der Waals surface area contributed by atoms with Crippen LogP contribution in [0.15, 0.2) is 39.8 Å². The SMILES string of the molecule is Cn1nccc1CCNS(=O)(=O)c1ccc(Br)c(F)c1. The highest BCUT2D eigenvalue weighted by Gasteiger charge is 2.15. The molecule has 0 saturated carbocycles. The molecule has 8 heteroatoms. The van der Waals surface area contributed by atoms with E-state index in [1.54, 1.807) is 17.9 Å². The lowest BCUT2D eigenvalue weighted by Crippen LogP contribution is -2.26. The Hall–Kier alpha value is -1.25. The van der Waals surface area contributed by atoms with Crippen molar-refractivity contribution >= 4 is 26.0 Å². The fourth-order valence-electron chi connectivity index (χ4n) is 1.69. The molecule has 0 unspecified atom stereocenters. The van der Waals surface area contributed by atoms with Crippen LogP contribution in [0.3, 0.4) is 0 Å². The number of halogens is 2. The minimum Gasteiger partial charge on any atom is -0.273 e. The van der Waals surface area contributed by atoms with Crippen LogP contribution in [0.1, 0.15) is 5.69 Å². The zero-order valence-corrected chi connectivity index (χ0v) is 13.1. The maximum atomic E-state index is 13.4. The predicted octanol–water partition coefficient (Wildman–Crippen LogP) is 1.84. The minimum atomic E-state index is -3.71. The van der Waals surface area contributed by atoms with E-state index < -0.39 is 15.8 Å². The van der Waals surface area contributed by atoms with Gasteiger partial charge in [0.05, 0.1) is 9.37 Å². The van der Waals surface area contributed by atoms with Crippen molar-refractivity contribution in [3.63, 3.8) is 0 Å². The summed E-state index contributed by atoms with van der Waals surface area (Å²) in [5.74, 6) is -0.612. The Morgan fingerprint density at radius 2 is 2.15 bits per heavy atom. The first-order valence-corrected chi connectivity index (χ1v) is 8.09. The Morgan fingerprint density at radius 1 is 1.40 bits per heavy atom. The zero-order chi connectivity index (χ0) is 14.8. The van der Waals surface area contributed by atoms with Crippen LogP contribution >= 0.6 is 15.9 Å². The van der Waals surface area contributed by atoms with E-state index in [0.717, 1.165) is 11.8 Å². The molecule has 0 saturated heterocycles. The van der Waals surface area contributed by atoms with Gasteiger partial charge >= 0.3 is 0 Å². The molecule has 0 radical (unpaired) electrons.